The highest BCUT2D eigenvalue weighted by atomic mass is 35.7. The molecule has 2 aromatic rings. The van der Waals surface area contributed by atoms with E-state index in [0.29, 0.717) is 0 Å². The van der Waals surface area contributed by atoms with Gasteiger partial charge in [-0.1, -0.05) is 6.07 Å². The normalized spacial score (nSPS) is 11.7. The standard InChI is InChI=1S/C11H10ClFN2O2S/c1-8-2-3-10(13)4-9(8)6-15-7-11(5-14-15)18(12,16)17/h2-5,7H,6H2,1H3. The lowest BCUT2D eigenvalue weighted by atomic mass is 10.1. The molecular weight excluding hydrogens is 279 g/mol. The Kier molecular flexibility index (Phi) is 3.41. The fraction of sp³-hybridized carbons (Fsp3) is 0.182. The van der Waals surface area contributed by atoms with E-state index in [2.05, 4.69) is 5.10 Å². The van der Waals surface area contributed by atoms with Crippen molar-refractivity contribution in [2.45, 2.75) is 18.4 Å². The van der Waals surface area contributed by atoms with Crippen molar-refractivity contribution in [2.75, 3.05) is 0 Å². The first-order chi connectivity index (χ1) is 8.36. The number of hydrogen-bond donors (Lipinski definition) is 0. The van der Waals surface area contributed by atoms with Crippen LogP contribution in [0.2, 0.25) is 0 Å². The second-order valence-electron chi connectivity index (χ2n) is 3.88. The molecule has 2 rings (SSSR count). The Bertz CT molecular complexity index is 682. The molecule has 0 unspecified atom stereocenters. The molecule has 0 saturated carbocycles. The molecule has 0 amide bonds. The van der Waals surface area contributed by atoms with Crippen LogP contribution in [0.4, 0.5) is 4.39 Å². The van der Waals surface area contributed by atoms with Crippen LogP contribution in [0.5, 0.6) is 0 Å². The molecule has 0 fully saturated rings. The fourth-order valence-corrected chi connectivity index (χ4v) is 2.20. The first kappa shape index (κ1) is 13.0. The lowest BCUT2D eigenvalue weighted by molar-refractivity contribution is 0.608. The number of aryl methyl sites for hydroxylation is 1. The molecule has 0 bridgehead atoms. The molecule has 1 heterocycles. The van der Waals surface area contributed by atoms with E-state index in [-0.39, 0.29) is 17.3 Å². The first-order valence-electron chi connectivity index (χ1n) is 5.08. The fourth-order valence-electron chi connectivity index (χ4n) is 1.54. The topological polar surface area (TPSA) is 52.0 Å². The average Bonchev–Trinajstić information content (AvgIpc) is 2.71. The molecule has 18 heavy (non-hydrogen) atoms. The van der Waals surface area contributed by atoms with Crippen LogP contribution in [0.3, 0.4) is 0 Å². The SMILES string of the molecule is Cc1ccc(F)cc1Cn1cc(S(=O)(=O)Cl)cn1. The van der Waals surface area contributed by atoms with Crippen LogP contribution in [-0.2, 0) is 15.6 Å². The van der Waals surface area contributed by atoms with Gasteiger partial charge in [0.1, 0.15) is 10.7 Å². The third kappa shape index (κ3) is 2.88. The van der Waals surface area contributed by atoms with Gasteiger partial charge in [0.25, 0.3) is 9.05 Å². The van der Waals surface area contributed by atoms with Crippen molar-refractivity contribution in [3.05, 3.63) is 47.5 Å². The van der Waals surface area contributed by atoms with E-state index in [1.54, 1.807) is 6.07 Å². The van der Waals surface area contributed by atoms with Crippen molar-refractivity contribution < 1.29 is 12.8 Å². The van der Waals surface area contributed by atoms with E-state index < -0.39 is 9.05 Å². The second kappa shape index (κ2) is 4.70. The highest BCUT2D eigenvalue weighted by Crippen LogP contribution is 2.15. The zero-order valence-electron chi connectivity index (χ0n) is 9.47. The molecule has 1 aromatic carbocycles. The molecule has 0 aliphatic carbocycles. The third-order valence-electron chi connectivity index (χ3n) is 2.53. The summed E-state index contributed by atoms with van der Waals surface area (Å²) in [5, 5.41) is 3.88. The lowest BCUT2D eigenvalue weighted by Crippen LogP contribution is -2.02. The zero-order chi connectivity index (χ0) is 13.3. The summed E-state index contributed by atoms with van der Waals surface area (Å²) < 4.78 is 36.6. The van der Waals surface area contributed by atoms with E-state index in [1.165, 1.54) is 23.0 Å². The van der Waals surface area contributed by atoms with E-state index in [1.807, 2.05) is 6.92 Å². The van der Waals surface area contributed by atoms with Gasteiger partial charge < -0.3 is 0 Å². The lowest BCUT2D eigenvalue weighted by Gasteiger charge is -2.05. The van der Waals surface area contributed by atoms with Crippen LogP contribution in [0.15, 0.2) is 35.5 Å². The molecule has 0 atom stereocenters. The van der Waals surface area contributed by atoms with Crippen molar-refractivity contribution >= 4 is 19.7 Å². The predicted molar refractivity (Wildman–Crippen MR) is 65.5 cm³/mol. The molecule has 0 spiro atoms. The van der Waals surface area contributed by atoms with E-state index in [4.69, 9.17) is 10.7 Å². The number of hydrogen-bond acceptors (Lipinski definition) is 3. The quantitative estimate of drug-likeness (QED) is 0.815. The van der Waals surface area contributed by atoms with Crippen LogP contribution >= 0.6 is 10.7 Å². The highest BCUT2D eigenvalue weighted by molar-refractivity contribution is 8.13. The largest absolute Gasteiger partial charge is 0.267 e. The summed E-state index contributed by atoms with van der Waals surface area (Å²) in [7, 11) is 1.41. The number of nitrogens with zero attached hydrogens (tertiary/aromatic N) is 2. The summed E-state index contributed by atoms with van der Waals surface area (Å²) in [5.41, 5.74) is 1.64. The van der Waals surface area contributed by atoms with Crippen molar-refractivity contribution in [1.29, 1.82) is 0 Å². The van der Waals surface area contributed by atoms with E-state index >= 15 is 0 Å². The Morgan fingerprint density at radius 2 is 2.17 bits per heavy atom. The number of benzene rings is 1. The molecular formula is C11H10ClFN2O2S. The van der Waals surface area contributed by atoms with Gasteiger partial charge in [-0.05, 0) is 30.2 Å². The molecule has 0 aliphatic heterocycles. The first-order valence-corrected chi connectivity index (χ1v) is 7.39. The van der Waals surface area contributed by atoms with Gasteiger partial charge in [0.05, 0.1) is 12.7 Å². The van der Waals surface area contributed by atoms with Crippen LogP contribution < -0.4 is 0 Å². The minimum Gasteiger partial charge on any atom is -0.267 e. The Balaban J connectivity index is 2.29. The number of halogens is 2. The molecule has 4 nitrogen and oxygen atoms in total. The summed E-state index contributed by atoms with van der Waals surface area (Å²) in [6.45, 7) is 2.13. The Hall–Kier alpha value is -1.40. The Labute approximate surface area is 108 Å². The van der Waals surface area contributed by atoms with Crippen LogP contribution in [0.25, 0.3) is 0 Å². The molecule has 0 radical (unpaired) electrons. The van der Waals surface area contributed by atoms with Gasteiger partial charge in [0.2, 0.25) is 0 Å². The maximum absolute atomic E-state index is 13.1. The molecule has 0 aliphatic rings. The van der Waals surface area contributed by atoms with Gasteiger partial charge in [-0.25, -0.2) is 12.8 Å². The van der Waals surface area contributed by atoms with Crippen molar-refractivity contribution in [1.82, 2.24) is 9.78 Å². The Morgan fingerprint density at radius 1 is 1.44 bits per heavy atom. The van der Waals surface area contributed by atoms with Gasteiger partial charge in [-0.2, -0.15) is 5.10 Å². The van der Waals surface area contributed by atoms with Gasteiger partial charge in [0, 0.05) is 16.9 Å². The number of rotatable bonds is 3. The van der Waals surface area contributed by atoms with Crippen molar-refractivity contribution in [3.63, 3.8) is 0 Å². The van der Waals surface area contributed by atoms with E-state index in [9.17, 15) is 12.8 Å². The average molecular weight is 289 g/mol. The molecule has 7 heteroatoms. The van der Waals surface area contributed by atoms with E-state index in [0.717, 1.165) is 17.3 Å². The summed E-state index contributed by atoms with van der Waals surface area (Å²) in [6, 6.07) is 4.43. The van der Waals surface area contributed by atoms with Crippen LogP contribution in [0, 0.1) is 12.7 Å². The predicted octanol–water partition coefficient (Wildman–Crippen LogP) is 2.31. The zero-order valence-corrected chi connectivity index (χ0v) is 11.0. The Morgan fingerprint density at radius 3 is 2.78 bits per heavy atom. The summed E-state index contributed by atoms with van der Waals surface area (Å²) in [6.07, 6.45) is 2.48. The molecule has 1 aromatic heterocycles. The van der Waals surface area contributed by atoms with Crippen LogP contribution in [0.1, 0.15) is 11.1 Å². The highest BCUT2D eigenvalue weighted by Gasteiger charge is 2.13. The smallest absolute Gasteiger partial charge is 0.264 e. The summed E-state index contributed by atoms with van der Waals surface area (Å²) >= 11 is 0. The third-order valence-corrected chi connectivity index (χ3v) is 3.84. The van der Waals surface area contributed by atoms with Gasteiger partial charge in [-0.15, -0.1) is 0 Å². The second-order valence-corrected chi connectivity index (χ2v) is 6.45. The summed E-state index contributed by atoms with van der Waals surface area (Å²) in [5.74, 6) is -0.340. The molecule has 0 saturated heterocycles. The van der Waals surface area contributed by atoms with Gasteiger partial charge in [0.15, 0.2) is 0 Å². The van der Waals surface area contributed by atoms with Crippen LogP contribution in [-0.4, -0.2) is 18.2 Å². The maximum Gasteiger partial charge on any atom is 0.264 e. The minimum atomic E-state index is -3.78. The number of aromatic nitrogens is 2. The summed E-state index contributed by atoms with van der Waals surface area (Å²) in [4.78, 5) is -0.0711. The van der Waals surface area contributed by atoms with Crippen molar-refractivity contribution in [3.8, 4) is 0 Å². The molecule has 0 N–H and O–H groups in total. The minimum absolute atomic E-state index is 0.0711. The monoisotopic (exact) mass is 288 g/mol. The van der Waals surface area contributed by atoms with Gasteiger partial charge >= 0.3 is 0 Å². The molecule has 96 valence electrons. The van der Waals surface area contributed by atoms with Crippen molar-refractivity contribution in [2.24, 2.45) is 0 Å². The maximum atomic E-state index is 13.1. The van der Waals surface area contributed by atoms with Gasteiger partial charge in [-0.3, -0.25) is 4.68 Å².